The summed E-state index contributed by atoms with van der Waals surface area (Å²) in [5, 5.41) is 0. The molecule has 0 amide bonds. The van der Waals surface area contributed by atoms with E-state index in [4.69, 9.17) is 0 Å². The molecule has 0 saturated carbocycles. The molecule has 4 aromatic rings. The molecule has 0 spiro atoms. The molecular weight excluding hydrogens is 456 g/mol. The number of hydrogen-bond donors (Lipinski definition) is 0. The summed E-state index contributed by atoms with van der Waals surface area (Å²) in [6, 6.07) is 29.2. The quantitative estimate of drug-likeness (QED) is 0.215. The number of hydrogen-bond acceptors (Lipinski definition) is 3. The summed E-state index contributed by atoms with van der Waals surface area (Å²) in [5.74, 6) is -0.958. The van der Waals surface area contributed by atoms with E-state index in [1.807, 2.05) is 61.5 Å². The molecule has 0 aliphatic carbocycles. The molecule has 0 bridgehead atoms. The number of carbonyl (C=O) groups excluding carboxylic acids is 3. The zero-order chi connectivity index (χ0) is 26.4. The van der Waals surface area contributed by atoms with Gasteiger partial charge in [0.1, 0.15) is 0 Å². The highest BCUT2D eigenvalue weighted by Gasteiger charge is 2.29. The monoisotopic (exact) mass is 488 g/mol. The predicted octanol–water partition coefficient (Wildman–Crippen LogP) is 7.65. The van der Waals surface area contributed by atoms with Crippen LogP contribution in [0.25, 0.3) is 0 Å². The number of aryl methyl sites for hydroxylation is 1. The van der Waals surface area contributed by atoms with E-state index < -0.39 is 5.92 Å². The van der Waals surface area contributed by atoms with Gasteiger partial charge in [0.15, 0.2) is 17.3 Å². The summed E-state index contributed by atoms with van der Waals surface area (Å²) in [6.45, 7) is 6.10. The minimum absolute atomic E-state index is 0.0670. The van der Waals surface area contributed by atoms with E-state index in [-0.39, 0.29) is 17.3 Å². The van der Waals surface area contributed by atoms with Gasteiger partial charge < -0.3 is 0 Å². The van der Waals surface area contributed by atoms with Crippen LogP contribution in [0.3, 0.4) is 0 Å². The standard InChI is InChI=1S/C34H32O3/c1-4-23-17-14-22-28(25(23)5-2)34(37)29-19-11-10-18-27(29)26(6-3)33(36)31-21-13-12-20-30(31)32(35)24-15-8-7-9-16-24/h7-22,26H,4-6H2,1-3H3. The topological polar surface area (TPSA) is 51.2 Å². The molecule has 37 heavy (non-hydrogen) atoms. The minimum atomic E-state index is -0.552. The molecule has 0 heterocycles. The molecule has 0 aliphatic rings. The third-order valence-electron chi connectivity index (χ3n) is 7.03. The van der Waals surface area contributed by atoms with Crippen LogP contribution < -0.4 is 0 Å². The highest BCUT2D eigenvalue weighted by atomic mass is 16.1. The molecule has 3 heteroatoms. The summed E-state index contributed by atoms with van der Waals surface area (Å²) in [7, 11) is 0. The molecule has 0 N–H and O–H groups in total. The first-order valence-corrected chi connectivity index (χ1v) is 13.0. The number of ketones is 3. The fraction of sp³-hybridized carbons (Fsp3) is 0.206. The van der Waals surface area contributed by atoms with Gasteiger partial charge in [-0.25, -0.2) is 0 Å². The Kier molecular flexibility index (Phi) is 8.25. The summed E-state index contributed by atoms with van der Waals surface area (Å²) < 4.78 is 0. The van der Waals surface area contributed by atoms with Crippen LogP contribution >= 0.6 is 0 Å². The van der Waals surface area contributed by atoms with Crippen molar-refractivity contribution in [2.45, 2.75) is 46.0 Å². The van der Waals surface area contributed by atoms with Crippen LogP contribution in [0.4, 0.5) is 0 Å². The molecule has 1 atom stereocenters. The highest BCUT2D eigenvalue weighted by Crippen LogP contribution is 2.31. The Hall–Kier alpha value is -4.11. The average molecular weight is 489 g/mol. The average Bonchev–Trinajstić information content (AvgIpc) is 2.96. The number of Topliss-reactive ketones (excluding diaryl/α,β-unsaturated/α-hetero) is 1. The van der Waals surface area contributed by atoms with Gasteiger partial charge in [0, 0.05) is 33.7 Å². The van der Waals surface area contributed by atoms with Gasteiger partial charge in [-0.2, -0.15) is 0 Å². The Bertz CT molecular complexity index is 1430. The first kappa shape index (κ1) is 26.0. The van der Waals surface area contributed by atoms with Crippen LogP contribution in [-0.4, -0.2) is 17.3 Å². The van der Waals surface area contributed by atoms with E-state index in [2.05, 4.69) is 19.9 Å². The summed E-state index contributed by atoms with van der Waals surface area (Å²) in [6.07, 6.45) is 2.12. The second-order valence-corrected chi connectivity index (χ2v) is 9.13. The Morgan fingerprint density at radius 2 is 1.16 bits per heavy atom. The largest absolute Gasteiger partial charge is 0.293 e. The maximum Gasteiger partial charge on any atom is 0.193 e. The van der Waals surface area contributed by atoms with Gasteiger partial charge >= 0.3 is 0 Å². The third-order valence-corrected chi connectivity index (χ3v) is 7.03. The molecule has 4 rings (SSSR count). The van der Waals surface area contributed by atoms with Crippen molar-refractivity contribution in [2.24, 2.45) is 0 Å². The van der Waals surface area contributed by atoms with E-state index >= 15 is 0 Å². The van der Waals surface area contributed by atoms with Gasteiger partial charge in [0.2, 0.25) is 0 Å². The lowest BCUT2D eigenvalue weighted by atomic mass is 9.81. The maximum atomic E-state index is 14.0. The molecule has 0 fully saturated rings. The molecule has 3 nitrogen and oxygen atoms in total. The second kappa shape index (κ2) is 11.7. The summed E-state index contributed by atoms with van der Waals surface area (Å²) in [4.78, 5) is 41.2. The van der Waals surface area contributed by atoms with Crippen molar-refractivity contribution in [3.8, 4) is 0 Å². The lowest BCUT2D eigenvalue weighted by Gasteiger charge is -2.20. The van der Waals surface area contributed by atoms with Crippen molar-refractivity contribution in [1.29, 1.82) is 0 Å². The van der Waals surface area contributed by atoms with E-state index in [1.54, 1.807) is 36.4 Å². The normalized spacial score (nSPS) is 11.6. The third kappa shape index (κ3) is 5.22. The van der Waals surface area contributed by atoms with Crippen LogP contribution in [-0.2, 0) is 12.8 Å². The van der Waals surface area contributed by atoms with Gasteiger partial charge in [-0.15, -0.1) is 0 Å². The minimum Gasteiger partial charge on any atom is -0.293 e. The van der Waals surface area contributed by atoms with E-state index in [9.17, 15) is 14.4 Å². The molecule has 186 valence electrons. The molecule has 0 saturated heterocycles. The van der Waals surface area contributed by atoms with Gasteiger partial charge in [-0.3, -0.25) is 14.4 Å². The zero-order valence-electron chi connectivity index (χ0n) is 21.7. The molecular formula is C34H32O3. The highest BCUT2D eigenvalue weighted by molar-refractivity contribution is 6.17. The Balaban J connectivity index is 1.77. The molecule has 0 radical (unpaired) electrons. The molecule has 1 unspecified atom stereocenters. The number of carbonyl (C=O) groups is 3. The van der Waals surface area contributed by atoms with Crippen molar-refractivity contribution in [3.05, 3.63) is 142 Å². The number of benzene rings is 4. The first-order chi connectivity index (χ1) is 18.0. The molecule has 4 aromatic carbocycles. The number of rotatable bonds is 10. The zero-order valence-corrected chi connectivity index (χ0v) is 21.7. The molecule has 0 aromatic heterocycles. The fourth-order valence-corrected chi connectivity index (χ4v) is 5.12. The summed E-state index contributed by atoms with van der Waals surface area (Å²) in [5.41, 5.74) is 5.46. The Labute approximate surface area is 219 Å². The van der Waals surface area contributed by atoms with Crippen LogP contribution in [0.15, 0.2) is 97.1 Å². The van der Waals surface area contributed by atoms with Gasteiger partial charge in [0.25, 0.3) is 0 Å². The Morgan fingerprint density at radius 3 is 1.81 bits per heavy atom. The lowest BCUT2D eigenvalue weighted by molar-refractivity contribution is 0.0944. The van der Waals surface area contributed by atoms with E-state index in [1.165, 1.54) is 5.56 Å². The van der Waals surface area contributed by atoms with Crippen LogP contribution in [0.2, 0.25) is 0 Å². The van der Waals surface area contributed by atoms with E-state index in [0.29, 0.717) is 39.8 Å². The SMILES string of the molecule is CCc1cccc(C(=O)c2ccccc2C(CC)C(=O)c2ccccc2C(=O)c2ccccc2)c1CC. The van der Waals surface area contributed by atoms with Crippen molar-refractivity contribution in [3.63, 3.8) is 0 Å². The van der Waals surface area contributed by atoms with Crippen LogP contribution in [0.1, 0.15) is 92.0 Å². The fourth-order valence-electron chi connectivity index (χ4n) is 5.12. The van der Waals surface area contributed by atoms with Crippen molar-refractivity contribution >= 4 is 17.3 Å². The van der Waals surface area contributed by atoms with Crippen molar-refractivity contribution in [2.75, 3.05) is 0 Å². The maximum absolute atomic E-state index is 14.0. The summed E-state index contributed by atoms with van der Waals surface area (Å²) >= 11 is 0. The van der Waals surface area contributed by atoms with Crippen LogP contribution in [0, 0.1) is 0 Å². The van der Waals surface area contributed by atoms with E-state index in [0.717, 1.165) is 18.4 Å². The predicted molar refractivity (Wildman–Crippen MR) is 149 cm³/mol. The smallest absolute Gasteiger partial charge is 0.193 e. The van der Waals surface area contributed by atoms with Gasteiger partial charge in [-0.1, -0.05) is 118 Å². The second-order valence-electron chi connectivity index (χ2n) is 9.13. The molecule has 0 aliphatic heterocycles. The van der Waals surface area contributed by atoms with Gasteiger partial charge in [0.05, 0.1) is 0 Å². The van der Waals surface area contributed by atoms with Crippen molar-refractivity contribution < 1.29 is 14.4 Å². The lowest BCUT2D eigenvalue weighted by Crippen LogP contribution is -2.19. The van der Waals surface area contributed by atoms with Crippen molar-refractivity contribution in [1.82, 2.24) is 0 Å². The first-order valence-electron chi connectivity index (χ1n) is 13.0. The van der Waals surface area contributed by atoms with Gasteiger partial charge in [-0.05, 0) is 36.0 Å². The Morgan fingerprint density at radius 1 is 0.568 bits per heavy atom. The van der Waals surface area contributed by atoms with Crippen LogP contribution in [0.5, 0.6) is 0 Å².